The third-order valence-corrected chi connectivity index (χ3v) is 4.86. The second-order valence-electron chi connectivity index (χ2n) is 6.62. The van der Waals surface area contributed by atoms with Crippen molar-refractivity contribution in [2.75, 3.05) is 0 Å². The molecule has 0 radical (unpaired) electrons. The Hall–Kier alpha value is -3.17. The largest absolute Gasteiger partial charge is 0.462 e. The van der Waals surface area contributed by atoms with Gasteiger partial charge < -0.3 is 4.42 Å². The van der Waals surface area contributed by atoms with E-state index >= 15 is 0 Å². The summed E-state index contributed by atoms with van der Waals surface area (Å²) in [5.41, 5.74) is 3.92. The number of nitrogens with zero attached hydrogens (tertiary/aromatic N) is 1. The SMILES string of the molecule is Cc1ccc(C=CC(=O)c2c(C)nc3ccccc3c2-c2ccc(Cl)cc2)o1. The van der Waals surface area contributed by atoms with Crippen LogP contribution in [0.1, 0.15) is 27.6 Å². The van der Waals surface area contributed by atoms with Crippen molar-refractivity contribution < 1.29 is 9.21 Å². The topological polar surface area (TPSA) is 43.1 Å². The molecule has 0 aliphatic carbocycles. The van der Waals surface area contributed by atoms with Crippen molar-refractivity contribution in [1.82, 2.24) is 4.98 Å². The summed E-state index contributed by atoms with van der Waals surface area (Å²) in [5, 5.41) is 1.58. The van der Waals surface area contributed by atoms with Crippen molar-refractivity contribution in [2.24, 2.45) is 0 Å². The molecule has 0 atom stereocenters. The molecule has 0 fully saturated rings. The van der Waals surface area contributed by atoms with Crippen molar-refractivity contribution in [2.45, 2.75) is 13.8 Å². The molecule has 4 rings (SSSR count). The number of ketones is 1. The fourth-order valence-electron chi connectivity index (χ4n) is 3.34. The molecule has 0 amide bonds. The molecular formula is C24H18ClNO2. The quantitative estimate of drug-likeness (QED) is 0.290. The van der Waals surface area contributed by atoms with E-state index in [1.54, 1.807) is 6.08 Å². The van der Waals surface area contributed by atoms with Crippen LogP contribution in [0, 0.1) is 13.8 Å². The number of aryl methyl sites for hydroxylation is 2. The van der Waals surface area contributed by atoms with Crippen molar-refractivity contribution in [3.8, 4) is 11.1 Å². The van der Waals surface area contributed by atoms with Crippen LogP contribution in [-0.4, -0.2) is 10.8 Å². The van der Waals surface area contributed by atoms with E-state index < -0.39 is 0 Å². The number of allylic oxidation sites excluding steroid dienone is 1. The molecule has 0 bridgehead atoms. The summed E-state index contributed by atoms with van der Waals surface area (Å²) in [7, 11) is 0. The van der Waals surface area contributed by atoms with Crippen molar-refractivity contribution in [3.63, 3.8) is 0 Å². The average Bonchev–Trinajstić information content (AvgIpc) is 3.11. The van der Waals surface area contributed by atoms with Gasteiger partial charge in [-0.2, -0.15) is 0 Å². The van der Waals surface area contributed by atoms with E-state index in [0.29, 0.717) is 22.0 Å². The molecule has 4 heteroatoms. The van der Waals surface area contributed by atoms with Gasteiger partial charge >= 0.3 is 0 Å². The second-order valence-corrected chi connectivity index (χ2v) is 7.05. The summed E-state index contributed by atoms with van der Waals surface area (Å²) in [6, 6.07) is 19.1. The number of halogens is 1. The first kappa shape index (κ1) is 18.2. The smallest absolute Gasteiger partial charge is 0.188 e. The van der Waals surface area contributed by atoms with E-state index in [1.165, 1.54) is 6.08 Å². The molecule has 28 heavy (non-hydrogen) atoms. The Morgan fingerprint density at radius 2 is 1.75 bits per heavy atom. The molecule has 0 unspecified atom stereocenters. The number of aromatic nitrogens is 1. The molecule has 0 N–H and O–H groups in total. The Kier molecular flexibility index (Phi) is 4.84. The lowest BCUT2D eigenvalue weighted by molar-refractivity contribution is 0.104. The normalized spacial score (nSPS) is 11.4. The van der Waals surface area contributed by atoms with Gasteiger partial charge in [0.25, 0.3) is 0 Å². The van der Waals surface area contributed by atoms with E-state index in [-0.39, 0.29) is 5.78 Å². The van der Waals surface area contributed by atoms with Gasteiger partial charge in [0.2, 0.25) is 0 Å². The number of hydrogen-bond donors (Lipinski definition) is 0. The number of fused-ring (bicyclic) bond motifs is 1. The van der Waals surface area contributed by atoms with E-state index in [2.05, 4.69) is 4.98 Å². The highest BCUT2D eigenvalue weighted by molar-refractivity contribution is 6.30. The number of benzene rings is 2. The van der Waals surface area contributed by atoms with Gasteiger partial charge in [-0.25, -0.2) is 0 Å². The third-order valence-electron chi connectivity index (χ3n) is 4.61. The predicted octanol–water partition coefficient (Wildman–Crippen LogP) is 6.66. The van der Waals surface area contributed by atoms with Gasteiger partial charge in [-0.1, -0.05) is 41.9 Å². The van der Waals surface area contributed by atoms with Gasteiger partial charge in [0.1, 0.15) is 11.5 Å². The predicted molar refractivity (Wildman–Crippen MR) is 114 cm³/mol. The fraction of sp³-hybridized carbons (Fsp3) is 0.0833. The van der Waals surface area contributed by atoms with Crippen LogP contribution in [0.25, 0.3) is 28.1 Å². The van der Waals surface area contributed by atoms with Crippen LogP contribution in [0.4, 0.5) is 0 Å². The lowest BCUT2D eigenvalue weighted by Gasteiger charge is -2.14. The summed E-state index contributed by atoms with van der Waals surface area (Å²) in [6.45, 7) is 3.74. The van der Waals surface area contributed by atoms with Crippen molar-refractivity contribution in [1.29, 1.82) is 0 Å². The van der Waals surface area contributed by atoms with Gasteiger partial charge in [-0.3, -0.25) is 9.78 Å². The van der Waals surface area contributed by atoms with Gasteiger partial charge in [-0.15, -0.1) is 0 Å². The Morgan fingerprint density at radius 1 is 1.00 bits per heavy atom. The summed E-state index contributed by atoms with van der Waals surface area (Å²) in [4.78, 5) is 17.8. The maximum Gasteiger partial charge on any atom is 0.188 e. The van der Waals surface area contributed by atoms with Crippen LogP contribution in [0.5, 0.6) is 0 Å². The monoisotopic (exact) mass is 387 g/mol. The minimum Gasteiger partial charge on any atom is -0.462 e. The van der Waals surface area contributed by atoms with Crippen LogP contribution >= 0.6 is 11.6 Å². The van der Waals surface area contributed by atoms with Gasteiger partial charge in [0.05, 0.1) is 11.1 Å². The molecule has 0 aliphatic heterocycles. The Bertz CT molecular complexity index is 1200. The van der Waals surface area contributed by atoms with E-state index in [9.17, 15) is 4.79 Å². The number of para-hydroxylation sites is 1. The van der Waals surface area contributed by atoms with Gasteiger partial charge in [0, 0.05) is 21.7 Å². The average molecular weight is 388 g/mol. The Morgan fingerprint density at radius 3 is 2.46 bits per heavy atom. The summed E-state index contributed by atoms with van der Waals surface area (Å²) < 4.78 is 5.53. The number of rotatable bonds is 4. The van der Waals surface area contributed by atoms with Crippen LogP contribution in [0.3, 0.4) is 0 Å². The molecule has 2 aromatic heterocycles. The number of carbonyl (C=O) groups excluding carboxylic acids is 1. The maximum atomic E-state index is 13.2. The highest BCUT2D eigenvalue weighted by Crippen LogP contribution is 2.34. The highest BCUT2D eigenvalue weighted by atomic mass is 35.5. The lowest BCUT2D eigenvalue weighted by Crippen LogP contribution is -2.05. The van der Waals surface area contributed by atoms with Gasteiger partial charge in [-0.05, 0) is 61.9 Å². The molecule has 138 valence electrons. The molecule has 0 spiro atoms. The number of carbonyl (C=O) groups is 1. The van der Waals surface area contributed by atoms with E-state index in [0.717, 1.165) is 27.8 Å². The van der Waals surface area contributed by atoms with Crippen molar-refractivity contribution >= 4 is 34.4 Å². The standard InChI is InChI=1S/C24H18ClNO2/c1-15-7-12-19(28-15)13-14-22(27)23-16(2)26-21-6-4-3-5-20(21)24(23)17-8-10-18(25)11-9-17/h3-14H,1-2H3. The molecule has 2 heterocycles. The zero-order valence-corrected chi connectivity index (χ0v) is 16.3. The minimum absolute atomic E-state index is 0.116. The van der Waals surface area contributed by atoms with Gasteiger partial charge in [0.15, 0.2) is 5.78 Å². The Labute approximate surface area is 168 Å². The fourth-order valence-corrected chi connectivity index (χ4v) is 3.46. The molecule has 4 aromatic rings. The summed E-state index contributed by atoms with van der Waals surface area (Å²) in [6.07, 6.45) is 3.23. The van der Waals surface area contributed by atoms with Crippen molar-refractivity contribution in [3.05, 3.63) is 94.5 Å². The maximum absolute atomic E-state index is 13.2. The highest BCUT2D eigenvalue weighted by Gasteiger charge is 2.19. The molecule has 0 aliphatic rings. The summed E-state index contributed by atoms with van der Waals surface area (Å²) >= 11 is 6.07. The zero-order chi connectivity index (χ0) is 19.7. The van der Waals surface area contributed by atoms with Crippen LogP contribution in [-0.2, 0) is 0 Å². The van der Waals surface area contributed by atoms with Crippen LogP contribution in [0.15, 0.2) is 71.2 Å². The van der Waals surface area contributed by atoms with Crippen LogP contribution in [0.2, 0.25) is 5.02 Å². The van der Waals surface area contributed by atoms with E-state index in [4.69, 9.17) is 16.0 Å². The first-order valence-electron chi connectivity index (χ1n) is 8.97. The molecule has 0 saturated carbocycles. The number of furan rings is 1. The number of hydrogen-bond acceptors (Lipinski definition) is 3. The number of pyridine rings is 1. The summed E-state index contributed by atoms with van der Waals surface area (Å²) in [5.74, 6) is 1.33. The molecule has 3 nitrogen and oxygen atoms in total. The second kappa shape index (κ2) is 7.45. The third kappa shape index (κ3) is 3.49. The zero-order valence-electron chi connectivity index (χ0n) is 15.6. The minimum atomic E-state index is -0.116. The Balaban J connectivity index is 1.90. The van der Waals surface area contributed by atoms with E-state index in [1.807, 2.05) is 74.5 Å². The lowest BCUT2D eigenvalue weighted by atomic mass is 9.92. The molecular weight excluding hydrogens is 370 g/mol. The first-order valence-corrected chi connectivity index (χ1v) is 9.35. The first-order chi connectivity index (χ1) is 13.5. The van der Waals surface area contributed by atoms with Crippen LogP contribution < -0.4 is 0 Å². The molecule has 2 aromatic carbocycles. The molecule has 0 saturated heterocycles.